The third-order valence-electron chi connectivity index (χ3n) is 6.97. The zero-order valence-electron chi connectivity index (χ0n) is 21.2. The van der Waals surface area contributed by atoms with Crippen LogP contribution in [0.1, 0.15) is 0 Å². The Morgan fingerprint density at radius 3 is 1.80 bits per heavy atom. The van der Waals surface area contributed by atoms with Crippen LogP contribution in [0.5, 0.6) is 0 Å². The van der Waals surface area contributed by atoms with Crippen molar-refractivity contribution in [1.29, 1.82) is 0 Å². The van der Waals surface area contributed by atoms with E-state index in [4.69, 9.17) is 23.8 Å². The van der Waals surface area contributed by atoms with Gasteiger partial charge in [-0.2, -0.15) is 0 Å². The van der Waals surface area contributed by atoms with E-state index in [2.05, 4.69) is 23.2 Å². The van der Waals surface area contributed by atoms with E-state index >= 15 is 0 Å². The topological polar surface area (TPSA) is 77.8 Å². The van der Waals surface area contributed by atoms with Crippen LogP contribution in [0.25, 0.3) is 78.7 Å². The average Bonchev–Trinajstić information content (AvgIpc) is 3.65. The lowest BCUT2D eigenvalue weighted by atomic mass is 10.0. The van der Waals surface area contributed by atoms with Crippen LogP contribution in [-0.4, -0.2) is 19.9 Å². The molecular weight excluding hydrogens is 496 g/mol. The minimum Gasteiger partial charge on any atom is -0.436 e. The van der Waals surface area contributed by atoms with Crippen LogP contribution < -0.4 is 0 Å². The van der Waals surface area contributed by atoms with E-state index in [1.807, 2.05) is 103 Å². The Kier molecular flexibility index (Phi) is 5.03. The molecule has 0 bridgehead atoms. The fourth-order valence-corrected chi connectivity index (χ4v) is 4.96. The number of hydrogen-bond acceptors (Lipinski definition) is 6. The minimum atomic E-state index is 0.590. The minimum absolute atomic E-state index is 0.590. The number of rotatable bonds is 4. The monoisotopic (exact) mass is 516 g/mol. The number of para-hydroxylation sites is 3. The summed E-state index contributed by atoms with van der Waals surface area (Å²) >= 11 is 0. The van der Waals surface area contributed by atoms with Crippen LogP contribution in [0.3, 0.4) is 0 Å². The number of fused-ring (bicyclic) bond motifs is 3. The molecule has 8 rings (SSSR count). The van der Waals surface area contributed by atoms with Gasteiger partial charge >= 0.3 is 0 Å². The molecule has 0 fully saturated rings. The van der Waals surface area contributed by atoms with Gasteiger partial charge in [0.25, 0.3) is 0 Å². The summed E-state index contributed by atoms with van der Waals surface area (Å²) in [4.78, 5) is 19.3. The summed E-state index contributed by atoms with van der Waals surface area (Å²) in [6.07, 6.45) is 0. The zero-order valence-corrected chi connectivity index (χ0v) is 21.2. The van der Waals surface area contributed by atoms with E-state index in [-0.39, 0.29) is 0 Å². The van der Waals surface area contributed by atoms with E-state index in [1.165, 1.54) is 0 Å². The van der Waals surface area contributed by atoms with Crippen molar-refractivity contribution in [3.63, 3.8) is 0 Å². The average molecular weight is 517 g/mol. The van der Waals surface area contributed by atoms with Gasteiger partial charge in [-0.25, -0.2) is 19.9 Å². The van der Waals surface area contributed by atoms with Gasteiger partial charge in [0, 0.05) is 27.6 Å². The van der Waals surface area contributed by atoms with Crippen molar-refractivity contribution in [2.45, 2.75) is 0 Å². The number of benzene rings is 5. The van der Waals surface area contributed by atoms with Crippen LogP contribution in [0, 0.1) is 0 Å². The van der Waals surface area contributed by atoms with Crippen LogP contribution in [-0.2, 0) is 0 Å². The van der Waals surface area contributed by atoms with Gasteiger partial charge in [0.15, 0.2) is 17.0 Å². The largest absolute Gasteiger partial charge is 0.436 e. The van der Waals surface area contributed by atoms with E-state index in [0.717, 1.165) is 61.1 Å². The van der Waals surface area contributed by atoms with Gasteiger partial charge in [0.1, 0.15) is 11.0 Å². The Labute approximate surface area is 228 Å². The molecule has 6 nitrogen and oxygen atoms in total. The summed E-state index contributed by atoms with van der Waals surface area (Å²) < 4.78 is 12.0. The molecule has 3 heterocycles. The van der Waals surface area contributed by atoms with Crippen LogP contribution in [0.2, 0.25) is 0 Å². The summed E-state index contributed by atoms with van der Waals surface area (Å²) in [5, 5.41) is 0.981. The van der Waals surface area contributed by atoms with E-state index in [9.17, 15) is 0 Å². The highest BCUT2D eigenvalue weighted by atomic mass is 16.4. The quantitative estimate of drug-likeness (QED) is 0.233. The van der Waals surface area contributed by atoms with Crippen molar-refractivity contribution < 1.29 is 8.83 Å². The van der Waals surface area contributed by atoms with Gasteiger partial charge in [0.2, 0.25) is 11.8 Å². The highest BCUT2D eigenvalue weighted by Gasteiger charge is 2.15. The maximum atomic E-state index is 6.01. The zero-order chi connectivity index (χ0) is 26.5. The number of hydrogen-bond donors (Lipinski definition) is 0. The smallest absolute Gasteiger partial charge is 0.227 e. The van der Waals surface area contributed by atoms with Crippen molar-refractivity contribution in [3.8, 4) is 45.6 Å². The molecule has 188 valence electrons. The summed E-state index contributed by atoms with van der Waals surface area (Å²) in [6, 6.07) is 39.8. The van der Waals surface area contributed by atoms with E-state index in [1.54, 1.807) is 0 Å². The first-order chi connectivity index (χ1) is 19.8. The van der Waals surface area contributed by atoms with E-state index < -0.39 is 0 Å². The third-order valence-corrected chi connectivity index (χ3v) is 6.97. The molecule has 0 N–H and O–H groups in total. The second-order valence-electron chi connectivity index (χ2n) is 9.54. The molecule has 0 amide bonds. The molecule has 0 aliphatic heterocycles. The Balaban J connectivity index is 1.21. The summed E-state index contributed by atoms with van der Waals surface area (Å²) in [5.74, 6) is 1.81. The molecule has 0 spiro atoms. The second kappa shape index (κ2) is 8.99. The predicted molar refractivity (Wildman–Crippen MR) is 156 cm³/mol. The van der Waals surface area contributed by atoms with Gasteiger partial charge in [-0.1, -0.05) is 60.7 Å². The number of nitrogens with zero attached hydrogens (tertiary/aromatic N) is 4. The van der Waals surface area contributed by atoms with Crippen LogP contribution in [0.15, 0.2) is 130 Å². The molecule has 8 aromatic rings. The van der Waals surface area contributed by atoms with Gasteiger partial charge in [-0.05, 0) is 60.7 Å². The Hall–Kier alpha value is -5.62. The maximum Gasteiger partial charge on any atom is 0.227 e. The SMILES string of the molecule is c1ccc(-c2nc3cc(-c4nc(-c5ccc(-c6nc7ccccc7o6)cc5)c5ccccc5n4)ccc3o2)cc1. The fraction of sp³-hybridized carbons (Fsp3) is 0. The maximum absolute atomic E-state index is 6.01. The summed E-state index contributed by atoms with van der Waals surface area (Å²) in [7, 11) is 0. The molecule has 40 heavy (non-hydrogen) atoms. The van der Waals surface area contributed by atoms with Gasteiger partial charge in [-0.3, -0.25) is 0 Å². The molecule has 0 aliphatic carbocycles. The van der Waals surface area contributed by atoms with Gasteiger partial charge in [0.05, 0.1) is 11.2 Å². The first kappa shape index (κ1) is 22.4. The van der Waals surface area contributed by atoms with Crippen LogP contribution in [0.4, 0.5) is 0 Å². The lowest BCUT2D eigenvalue weighted by molar-refractivity contribution is 0.619. The van der Waals surface area contributed by atoms with Crippen molar-refractivity contribution >= 4 is 33.1 Å². The predicted octanol–water partition coefficient (Wildman–Crippen LogP) is 8.58. The van der Waals surface area contributed by atoms with Crippen molar-refractivity contribution in [2.75, 3.05) is 0 Å². The van der Waals surface area contributed by atoms with Crippen molar-refractivity contribution in [2.24, 2.45) is 0 Å². The molecule has 0 saturated heterocycles. The number of oxazole rings is 2. The molecular formula is C34H20N4O2. The normalized spacial score (nSPS) is 11.5. The van der Waals surface area contributed by atoms with Gasteiger partial charge in [-0.15, -0.1) is 0 Å². The lowest BCUT2D eigenvalue weighted by Crippen LogP contribution is -1.95. The third kappa shape index (κ3) is 3.82. The van der Waals surface area contributed by atoms with E-state index in [0.29, 0.717) is 17.6 Å². The highest BCUT2D eigenvalue weighted by Crippen LogP contribution is 2.33. The molecule has 6 heteroatoms. The molecule has 0 radical (unpaired) electrons. The Morgan fingerprint density at radius 2 is 1.00 bits per heavy atom. The summed E-state index contributed by atoms with van der Waals surface area (Å²) in [5.41, 5.74) is 8.52. The standard InChI is InChI=1S/C34H20N4O2/c1-2-8-22(9-3-1)33-37-28-20-24(18-19-30(28)40-33)32-35-26-11-5-4-10-25(26)31(38-32)21-14-16-23(17-15-21)34-36-27-12-6-7-13-29(27)39-34/h1-20H. The van der Waals surface area contributed by atoms with Crippen molar-refractivity contribution in [3.05, 3.63) is 121 Å². The molecule has 0 aliphatic rings. The van der Waals surface area contributed by atoms with Gasteiger partial charge < -0.3 is 8.83 Å². The molecule has 5 aromatic carbocycles. The highest BCUT2D eigenvalue weighted by molar-refractivity contribution is 5.94. The second-order valence-corrected chi connectivity index (χ2v) is 9.54. The molecule has 0 unspecified atom stereocenters. The fourth-order valence-electron chi connectivity index (χ4n) is 4.96. The summed E-state index contributed by atoms with van der Waals surface area (Å²) in [6.45, 7) is 0. The van der Waals surface area contributed by atoms with Crippen molar-refractivity contribution in [1.82, 2.24) is 19.9 Å². The first-order valence-corrected chi connectivity index (χ1v) is 13.0. The number of aromatic nitrogens is 4. The van der Waals surface area contributed by atoms with Crippen LogP contribution >= 0.6 is 0 Å². The Bertz CT molecular complexity index is 2130. The Morgan fingerprint density at radius 1 is 0.400 bits per heavy atom. The first-order valence-electron chi connectivity index (χ1n) is 13.0. The molecule has 0 saturated carbocycles. The molecule has 3 aromatic heterocycles. The lowest BCUT2D eigenvalue weighted by Gasteiger charge is -2.09. The molecule has 0 atom stereocenters.